The average Bonchev–Trinajstić information content (AvgIpc) is 2.38. The van der Waals surface area contributed by atoms with Crippen molar-refractivity contribution in [3.8, 4) is 11.8 Å². The van der Waals surface area contributed by atoms with E-state index < -0.39 is 0 Å². The van der Waals surface area contributed by atoms with Crippen molar-refractivity contribution in [2.75, 3.05) is 31.2 Å². The second-order valence-electron chi connectivity index (χ2n) is 4.05. The van der Waals surface area contributed by atoms with Crippen molar-refractivity contribution in [3.63, 3.8) is 0 Å². The molecule has 17 heavy (non-hydrogen) atoms. The molecule has 2 rings (SSSR count). The quantitative estimate of drug-likeness (QED) is 0.803. The largest absolute Gasteiger partial charge is 0.384 e. The summed E-state index contributed by atoms with van der Waals surface area (Å²) in [5.74, 6) is 8.11. The number of thioether (sulfide) groups is 1. The molecule has 1 aliphatic heterocycles. The molecule has 1 heterocycles. The smallest absolute Gasteiger partial charge is 0.104 e. The second-order valence-corrected chi connectivity index (χ2v) is 5.27. The molecule has 1 N–H and O–H groups in total. The fourth-order valence-corrected chi connectivity index (χ4v) is 2.89. The van der Waals surface area contributed by atoms with E-state index in [9.17, 15) is 0 Å². The zero-order valence-electron chi connectivity index (χ0n) is 9.85. The fourth-order valence-electron chi connectivity index (χ4n) is 1.91. The van der Waals surface area contributed by atoms with Crippen LogP contribution in [0.15, 0.2) is 24.3 Å². The molecule has 1 aliphatic rings. The monoisotopic (exact) mass is 247 g/mol. The molecule has 90 valence electrons. The highest BCUT2D eigenvalue weighted by molar-refractivity contribution is 7.99. The second kappa shape index (κ2) is 6.70. The molecule has 0 bridgehead atoms. The Kier molecular flexibility index (Phi) is 4.93. The van der Waals surface area contributed by atoms with Crippen LogP contribution in [-0.2, 0) is 6.54 Å². The van der Waals surface area contributed by atoms with Crippen LogP contribution in [0.5, 0.6) is 0 Å². The lowest BCUT2D eigenvalue weighted by molar-refractivity contribution is 0.294. The third-order valence-corrected chi connectivity index (χ3v) is 3.69. The van der Waals surface area contributed by atoms with Crippen LogP contribution in [0.4, 0.5) is 0 Å². The Hall–Kier alpha value is -0.950. The maximum Gasteiger partial charge on any atom is 0.104 e. The van der Waals surface area contributed by atoms with Crippen LogP contribution in [-0.4, -0.2) is 41.2 Å². The van der Waals surface area contributed by atoms with Crippen molar-refractivity contribution in [2.45, 2.75) is 6.54 Å². The molecule has 1 saturated heterocycles. The summed E-state index contributed by atoms with van der Waals surface area (Å²) in [6, 6.07) is 8.28. The highest BCUT2D eigenvalue weighted by Gasteiger charge is 2.10. The molecule has 0 amide bonds. The maximum atomic E-state index is 8.67. The van der Waals surface area contributed by atoms with Gasteiger partial charge in [0.2, 0.25) is 0 Å². The molecule has 1 aromatic rings. The predicted octanol–water partition coefficient (Wildman–Crippen LogP) is 1.58. The van der Waals surface area contributed by atoms with Crippen molar-refractivity contribution in [1.82, 2.24) is 4.90 Å². The summed E-state index contributed by atoms with van der Waals surface area (Å²) in [4.78, 5) is 2.48. The van der Waals surface area contributed by atoms with Crippen molar-refractivity contribution >= 4 is 11.8 Å². The normalized spacial score (nSPS) is 16.3. The van der Waals surface area contributed by atoms with Crippen LogP contribution in [0.25, 0.3) is 0 Å². The van der Waals surface area contributed by atoms with Crippen molar-refractivity contribution in [1.29, 1.82) is 0 Å². The first kappa shape index (κ1) is 12.5. The van der Waals surface area contributed by atoms with Gasteiger partial charge in [0.25, 0.3) is 0 Å². The summed E-state index contributed by atoms with van der Waals surface area (Å²) < 4.78 is 0. The minimum Gasteiger partial charge on any atom is -0.384 e. The minimum absolute atomic E-state index is 0.0758. The van der Waals surface area contributed by atoms with Crippen LogP contribution in [0.1, 0.15) is 11.1 Å². The van der Waals surface area contributed by atoms with Gasteiger partial charge in [-0.1, -0.05) is 24.0 Å². The van der Waals surface area contributed by atoms with Crippen molar-refractivity contribution < 1.29 is 5.11 Å². The van der Waals surface area contributed by atoms with E-state index in [-0.39, 0.29) is 6.61 Å². The van der Waals surface area contributed by atoms with E-state index in [4.69, 9.17) is 5.11 Å². The third-order valence-electron chi connectivity index (χ3n) is 2.75. The van der Waals surface area contributed by atoms with E-state index in [1.54, 1.807) is 0 Å². The Balaban J connectivity index is 2.00. The van der Waals surface area contributed by atoms with Gasteiger partial charge in [0.15, 0.2) is 0 Å². The van der Waals surface area contributed by atoms with Gasteiger partial charge in [-0.25, -0.2) is 0 Å². The van der Waals surface area contributed by atoms with E-state index in [0.29, 0.717) is 0 Å². The van der Waals surface area contributed by atoms with Crippen LogP contribution >= 0.6 is 11.8 Å². The standard InChI is InChI=1S/C14H17NOS/c16-8-2-5-13-3-1-4-14(11-13)12-15-6-9-17-10-7-15/h1,3-4,11,16H,6-10,12H2. The molecule has 0 aliphatic carbocycles. The van der Waals surface area contributed by atoms with Gasteiger partial charge in [0.05, 0.1) is 0 Å². The van der Waals surface area contributed by atoms with Crippen LogP contribution in [0.2, 0.25) is 0 Å². The van der Waals surface area contributed by atoms with Crippen LogP contribution < -0.4 is 0 Å². The van der Waals surface area contributed by atoms with Crippen molar-refractivity contribution in [3.05, 3.63) is 35.4 Å². The van der Waals surface area contributed by atoms with Gasteiger partial charge in [0, 0.05) is 36.7 Å². The number of aliphatic hydroxyl groups excluding tert-OH is 1. The van der Waals surface area contributed by atoms with Gasteiger partial charge in [-0.15, -0.1) is 0 Å². The van der Waals surface area contributed by atoms with Gasteiger partial charge in [-0.2, -0.15) is 11.8 Å². The maximum absolute atomic E-state index is 8.67. The highest BCUT2D eigenvalue weighted by Crippen LogP contribution is 2.13. The molecule has 3 heteroatoms. The first-order valence-corrected chi connectivity index (χ1v) is 7.03. The Morgan fingerprint density at radius 3 is 2.88 bits per heavy atom. The van der Waals surface area contributed by atoms with Crippen LogP contribution in [0, 0.1) is 11.8 Å². The summed E-state index contributed by atoms with van der Waals surface area (Å²) >= 11 is 2.03. The zero-order chi connectivity index (χ0) is 11.9. The lowest BCUT2D eigenvalue weighted by Gasteiger charge is -2.26. The van der Waals surface area contributed by atoms with Gasteiger partial charge in [-0.05, 0) is 17.7 Å². The number of rotatable bonds is 2. The zero-order valence-corrected chi connectivity index (χ0v) is 10.7. The molecule has 1 fully saturated rings. The summed E-state index contributed by atoms with van der Waals surface area (Å²) in [6.07, 6.45) is 0. The number of hydrogen-bond donors (Lipinski definition) is 1. The fraction of sp³-hybridized carbons (Fsp3) is 0.429. The van der Waals surface area contributed by atoms with Gasteiger partial charge < -0.3 is 5.11 Å². The van der Waals surface area contributed by atoms with E-state index in [1.807, 2.05) is 23.9 Å². The average molecular weight is 247 g/mol. The molecule has 0 unspecified atom stereocenters. The first-order valence-electron chi connectivity index (χ1n) is 5.87. The topological polar surface area (TPSA) is 23.5 Å². The Labute approximate surface area is 107 Å². The predicted molar refractivity (Wildman–Crippen MR) is 73.0 cm³/mol. The van der Waals surface area contributed by atoms with Gasteiger partial charge in [-0.3, -0.25) is 4.90 Å². The highest BCUT2D eigenvalue weighted by atomic mass is 32.2. The van der Waals surface area contributed by atoms with E-state index in [2.05, 4.69) is 28.9 Å². The van der Waals surface area contributed by atoms with Crippen molar-refractivity contribution in [2.24, 2.45) is 0 Å². The first-order chi connectivity index (χ1) is 8.38. The van der Waals surface area contributed by atoms with Gasteiger partial charge in [0.1, 0.15) is 6.61 Å². The Morgan fingerprint density at radius 2 is 2.12 bits per heavy atom. The SMILES string of the molecule is OCC#Cc1cccc(CN2CCSCC2)c1. The van der Waals surface area contributed by atoms with E-state index in [1.165, 1.54) is 30.2 Å². The minimum atomic E-state index is -0.0758. The molecule has 2 nitrogen and oxygen atoms in total. The molecule has 1 aromatic carbocycles. The lowest BCUT2D eigenvalue weighted by atomic mass is 10.1. The summed E-state index contributed by atoms with van der Waals surface area (Å²) in [5.41, 5.74) is 2.30. The third kappa shape index (κ3) is 4.08. The number of nitrogens with zero attached hydrogens (tertiary/aromatic N) is 1. The summed E-state index contributed by atoms with van der Waals surface area (Å²) in [7, 11) is 0. The molecular formula is C14H17NOS. The molecule has 0 saturated carbocycles. The van der Waals surface area contributed by atoms with Crippen LogP contribution in [0.3, 0.4) is 0 Å². The number of hydrogen-bond acceptors (Lipinski definition) is 3. The molecule has 0 aromatic heterocycles. The summed E-state index contributed by atoms with van der Waals surface area (Å²) in [6.45, 7) is 3.29. The lowest BCUT2D eigenvalue weighted by Crippen LogP contribution is -2.31. The Bertz CT molecular complexity index is 416. The molecule has 0 spiro atoms. The van der Waals surface area contributed by atoms with E-state index in [0.717, 1.165) is 12.1 Å². The Morgan fingerprint density at radius 1 is 1.29 bits per heavy atom. The number of aliphatic hydroxyl groups is 1. The molecule has 0 atom stereocenters. The number of benzene rings is 1. The van der Waals surface area contributed by atoms with Gasteiger partial charge >= 0.3 is 0 Å². The molecular weight excluding hydrogens is 230 g/mol. The molecule has 0 radical (unpaired) electrons. The summed E-state index contributed by atoms with van der Waals surface area (Å²) in [5, 5.41) is 8.67. The van der Waals surface area contributed by atoms with E-state index >= 15 is 0 Å².